The fourth-order valence-corrected chi connectivity index (χ4v) is 8.62. The van der Waals surface area contributed by atoms with Gasteiger partial charge in [-0.1, -0.05) is 20.8 Å². The number of carbonyl (C=O) groups is 2. The Hall–Kier alpha value is -1.06. The highest BCUT2D eigenvalue weighted by molar-refractivity contribution is 5.78. The molecular formula is C22H36N2O2. The molecule has 0 radical (unpaired) electrons. The Kier molecular flexibility index (Phi) is 4.20. The number of hydrogen-bond donors (Lipinski definition) is 1. The van der Waals surface area contributed by atoms with Gasteiger partial charge in [-0.05, 0) is 79.4 Å². The van der Waals surface area contributed by atoms with Gasteiger partial charge in [0.15, 0.2) is 0 Å². The van der Waals surface area contributed by atoms with Crippen molar-refractivity contribution in [2.24, 2.45) is 39.7 Å². The molecule has 1 heterocycles. The number of carbonyl (C=O) groups excluding carboxylic acids is 2. The fourth-order valence-electron chi connectivity index (χ4n) is 8.62. The van der Waals surface area contributed by atoms with Gasteiger partial charge in [-0.2, -0.15) is 0 Å². The Bertz CT molecular complexity index is 589. The van der Waals surface area contributed by atoms with E-state index in [2.05, 4.69) is 13.8 Å². The molecule has 5 aliphatic rings. The maximum atomic E-state index is 12.7. The number of primary amides is 1. The maximum Gasteiger partial charge on any atom is 0.222 e. The summed E-state index contributed by atoms with van der Waals surface area (Å²) in [5.41, 5.74) is 7.00. The van der Waals surface area contributed by atoms with E-state index in [0.29, 0.717) is 23.2 Å². The minimum atomic E-state index is -0.0700. The molecule has 4 nitrogen and oxygen atoms in total. The van der Waals surface area contributed by atoms with E-state index in [0.717, 1.165) is 31.8 Å². The van der Waals surface area contributed by atoms with Crippen LogP contribution < -0.4 is 5.73 Å². The van der Waals surface area contributed by atoms with Gasteiger partial charge in [-0.15, -0.1) is 0 Å². The Morgan fingerprint density at radius 1 is 1.04 bits per heavy atom. The molecule has 0 aromatic carbocycles. The van der Waals surface area contributed by atoms with Crippen molar-refractivity contribution in [3.05, 3.63) is 0 Å². The molecule has 1 saturated heterocycles. The van der Waals surface area contributed by atoms with Crippen molar-refractivity contribution in [1.82, 2.24) is 4.90 Å². The molecule has 4 aliphatic carbocycles. The second-order valence-corrected chi connectivity index (χ2v) is 10.9. The summed E-state index contributed by atoms with van der Waals surface area (Å²) in [7, 11) is 0. The number of amides is 2. The van der Waals surface area contributed by atoms with Gasteiger partial charge in [0.25, 0.3) is 0 Å². The predicted molar refractivity (Wildman–Crippen MR) is 102 cm³/mol. The second-order valence-electron chi connectivity index (χ2n) is 10.9. The zero-order chi connectivity index (χ0) is 18.7. The van der Waals surface area contributed by atoms with Crippen LogP contribution in [0.15, 0.2) is 0 Å². The molecule has 4 saturated carbocycles. The molecule has 5 fully saturated rings. The van der Waals surface area contributed by atoms with Crippen LogP contribution in [-0.4, -0.2) is 29.8 Å². The molecule has 5 atom stereocenters. The highest BCUT2D eigenvalue weighted by atomic mass is 16.2. The van der Waals surface area contributed by atoms with Crippen LogP contribution >= 0.6 is 0 Å². The van der Waals surface area contributed by atoms with Crippen molar-refractivity contribution in [1.29, 1.82) is 0 Å². The Labute approximate surface area is 158 Å². The molecule has 146 valence electrons. The smallest absolute Gasteiger partial charge is 0.222 e. The van der Waals surface area contributed by atoms with Crippen molar-refractivity contribution >= 4 is 11.8 Å². The molecule has 1 aliphatic heterocycles. The lowest BCUT2D eigenvalue weighted by atomic mass is 9.37. The largest absolute Gasteiger partial charge is 0.369 e. The maximum absolute atomic E-state index is 12.7. The molecule has 2 amide bonds. The number of hydrogen-bond acceptors (Lipinski definition) is 2. The lowest BCUT2D eigenvalue weighted by Crippen LogP contribution is -2.60. The van der Waals surface area contributed by atoms with Gasteiger partial charge in [-0.25, -0.2) is 0 Å². The minimum absolute atomic E-state index is 0.00317. The Morgan fingerprint density at radius 3 is 2.08 bits per heavy atom. The first-order chi connectivity index (χ1) is 12.2. The van der Waals surface area contributed by atoms with E-state index < -0.39 is 0 Å². The first kappa shape index (κ1) is 18.3. The van der Waals surface area contributed by atoms with E-state index in [4.69, 9.17) is 5.73 Å². The second kappa shape index (κ2) is 5.97. The van der Waals surface area contributed by atoms with Gasteiger partial charge in [0, 0.05) is 25.4 Å². The van der Waals surface area contributed by atoms with Crippen LogP contribution in [0.3, 0.4) is 0 Å². The highest BCUT2D eigenvalue weighted by Gasteiger charge is 2.63. The number of piperidine rings is 1. The van der Waals surface area contributed by atoms with E-state index in [1.165, 1.54) is 38.5 Å². The number of likely N-dealkylation sites (tertiary alicyclic amines) is 1. The van der Waals surface area contributed by atoms with E-state index in [9.17, 15) is 9.59 Å². The van der Waals surface area contributed by atoms with Gasteiger partial charge in [-0.3, -0.25) is 9.59 Å². The van der Waals surface area contributed by atoms with E-state index >= 15 is 0 Å². The lowest BCUT2D eigenvalue weighted by molar-refractivity contribution is -0.182. The third-order valence-corrected chi connectivity index (χ3v) is 8.30. The van der Waals surface area contributed by atoms with Crippen LogP contribution in [0, 0.1) is 34.0 Å². The third kappa shape index (κ3) is 2.88. The zero-order valence-electron chi connectivity index (χ0n) is 16.9. The number of rotatable bonds is 4. The summed E-state index contributed by atoms with van der Waals surface area (Å²) in [6.07, 6.45) is 10.1. The minimum Gasteiger partial charge on any atom is -0.369 e. The third-order valence-electron chi connectivity index (χ3n) is 8.30. The van der Waals surface area contributed by atoms with Crippen molar-refractivity contribution < 1.29 is 9.59 Å². The molecule has 0 spiro atoms. The van der Waals surface area contributed by atoms with Crippen LogP contribution in [0.25, 0.3) is 0 Å². The average Bonchev–Trinajstić information content (AvgIpc) is 2.50. The quantitative estimate of drug-likeness (QED) is 0.830. The van der Waals surface area contributed by atoms with Gasteiger partial charge < -0.3 is 10.6 Å². The van der Waals surface area contributed by atoms with Crippen molar-refractivity contribution in [3.8, 4) is 0 Å². The normalized spacial score (nSPS) is 43.5. The standard InChI is InChI=1S/C22H36N2O2/c1-4-17(25)24-7-5-16(6-8-24)18(19(23)26)22-11-15-9-20(2,13-22)12-21(3,10-15)14-22/h15-16,18H,4-14H2,1-3H3,(H2,23,26)/t15?,18?,20-,21+,22?. The van der Waals surface area contributed by atoms with E-state index in [1.807, 2.05) is 11.8 Å². The Morgan fingerprint density at radius 2 is 1.62 bits per heavy atom. The predicted octanol–water partition coefficient (Wildman–Crippen LogP) is 3.73. The lowest BCUT2D eigenvalue weighted by Gasteiger charge is -2.67. The summed E-state index contributed by atoms with van der Waals surface area (Å²) < 4.78 is 0. The molecule has 4 heteroatoms. The zero-order valence-corrected chi connectivity index (χ0v) is 16.9. The molecule has 0 aromatic heterocycles. The fraction of sp³-hybridized carbons (Fsp3) is 0.909. The monoisotopic (exact) mass is 360 g/mol. The Balaban J connectivity index is 1.58. The van der Waals surface area contributed by atoms with Gasteiger partial charge in [0.05, 0.1) is 0 Å². The topological polar surface area (TPSA) is 63.4 Å². The van der Waals surface area contributed by atoms with Crippen molar-refractivity contribution in [3.63, 3.8) is 0 Å². The number of nitrogens with two attached hydrogens (primary N) is 1. The van der Waals surface area contributed by atoms with E-state index in [1.54, 1.807) is 0 Å². The molecule has 4 bridgehead atoms. The van der Waals surface area contributed by atoms with Crippen LogP contribution in [0.2, 0.25) is 0 Å². The summed E-state index contributed by atoms with van der Waals surface area (Å²) >= 11 is 0. The molecule has 5 rings (SSSR count). The van der Waals surface area contributed by atoms with Crippen LogP contribution in [0.1, 0.15) is 78.6 Å². The highest BCUT2D eigenvalue weighted by Crippen LogP contribution is 2.72. The molecular weight excluding hydrogens is 324 g/mol. The average molecular weight is 361 g/mol. The molecule has 3 unspecified atom stereocenters. The summed E-state index contributed by atoms with van der Waals surface area (Å²) in [4.78, 5) is 26.7. The van der Waals surface area contributed by atoms with Crippen LogP contribution in [0.5, 0.6) is 0 Å². The molecule has 0 aromatic rings. The first-order valence-electron chi connectivity index (χ1n) is 10.7. The number of nitrogens with zero attached hydrogens (tertiary/aromatic N) is 1. The summed E-state index contributed by atoms with van der Waals surface area (Å²) in [6.45, 7) is 8.46. The van der Waals surface area contributed by atoms with E-state index in [-0.39, 0.29) is 23.1 Å². The summed E-state index contributed by atoms with van der Waals surface area (Å²) in [5.74, 6) is 1.32. The van der Waals surface area contributed by atoms with Gasteiger partial charge in [0.1, 0.15) is 0 Å². The summed E-state index contributed by atoms with van der Waals surface area (Å²) in [5, 5.41) is 0. The van der Waals surface area contributed by atoms with Crippen LogP contribution in [0.4, 0.5) is 0 Å². The first-order valence-corrected chi connectivity index (χ1v) is 10.7. The molecule has 2 N–H and O–H groups in total. The van der Waals surface area contributed by atoms with Crippen LogP contribution in [-0.2, 0) is 9.59 Å². The van der Waals surface area contributed by atoms with Gasteiger partial charge >= 0.3 is 0 Å². The van der Waals surface area contributed by atoms with Crippen molar-refractivity contribution in [2.45, 2.75) is 78.6 Å². The SMILES string of the molecule is CCC(=O)N1CCC(C(C(N)=O)C23CC4C[C@@](C)(C2)C[C@](C)(C4)C3)CC1. The van der Waals surface area contributed by atoms with Gasteiger partial charge in [0.2, 0.25) is 11.8 Å². The summed E-state index contributed by atoms with van der Waals surface area (Å²) in [6, 6.07) is 0. The van der Waals surface area contributed by atoms with Crippen molar-refractivity contribution in [2.75, 3.05) is 13.1 Å². The molecule has 26 heavy (non-hydrogen) atoms.